The van der Waals surface area contributed by atoms with Crippen LogP contribution in [0.25, 0.3) is 0 Å². The van der Waals surface area contributed by atoms with Gasteiger partial charge < -0.3 is 10.2 Å². The maximum absolute atomic E-state index is 11.1. The van der Waals surface area contributed by atoms with Crippen LogP contribution in [0.15, 0.2) is 0 Å². The van der Waals surface area contributed by atoms with Gasteiger partial charge in [-0.05, 0) is 32.6 Å². The average molecular weight is 328 g/mol. The summed E-state index contributed by atoms with van der Waals surface area (Å²) in [5.74, 6) is -0.922. The quantitative estimate of drug-likeness (QED) is 0.389. The van der Waals surface area contributed by atoms with Crippen LogP contribution in [-0.2, 0) is 9.59 Å². The molecule has 0 bridgehead atoms. The number of hydrogen-bond acceptors (Lipinski definition) is 2. The minimum absolute atomic E-state index is 0.302. The minimum Gasteiger partial charge on any atom is -0.481 e. The van der Waals surface area contributed by atoms with Gasteiger partial charge in [0.05, 0.1) is 5.41 Å². The Bertz CT molecular complexity index is 336. The van der Waals surface area contributed by atoms with Crippen LogP contribution in [0.4, 0.5) is 0 Å². The van der Waals surface area contributed by atoms with Crippen LogP contribution in [0, 0.1) is 11.3 Å². The summed E-state index contributed by atoms with van der Waals surface area (Å²) in [6.07, 6.45) is 12.5. The second-order valence-corrected chi connectivity index (χ2v) is 7.61. The fourth-order valence-electron chi connectivity index (χ4n) is 3.07. The number of rotatable bonds is 15. The first kappa shape index (κ1) is 21.9. The van der Waals surface area contributed by atoms with Gasteiger partial charge in [-0.2, -0.15) is 0 Å². The first-order valence-corrected chi connectivity index (χ1v) is 9.21. The standard InChI is InChI=1S/C19H36O4/c1-16(15-19(2,3)18(22)23)13-11-9-7-5-4-6-8-10-12-14-17(20)21/h16H,4-15H2,1-3H3,(H,20,21)(H,22,23). The first-order chi connectivity index (χ1) is 10.8. The molecule has 2 N–H and O–H groups in total. The Labute approximate surface area is 141 Å². The lowest BCUT2D eigenvalue weighted by Gasteiger charge is -2.23. The van der Waals surface area contributed by atoms with Gasteiger partial charge in [-0.15, -0.1) is 0 Å². The smallest absolute Gasteiger partial charge is 0.309 e. The molecule has 0 saturated carbocycles. The Hall–Kier alpha value is -1.06. The SMILES string of the molecule is CC(CCCCCCCCCCCC(=O)O)CC(C)(C)C(=O)O. The average Bonchev–Trinajstić information content (AvgIpc) is 2.43. The van der Waals surface area contributed by atoms with Crippen molar-refractivity contribution in [2.45, 2.75) is 97.8 Å². The van der Waals surface area contributed by atoms with E-state index >= 15 is 0 Å². The monoisotopic (exact) mass is 328 g/mol. The largest absolute Gasteiger partial charge is 0.481 e. The third-order valence-electron chi connectivity index (χ3n) is 4.53. The van der Waals surface area contributed by atoms with Crippen molar-refractivity contribution < 1.29 is 19.8 Å². The summed E-state index contributed by atoms with van der Waals surface area (Å²) >= 11 is 0. The van der Waals surface area contributed by atoms with Crippen molar-refractivity contribution in [3.05, 3.63) is 0 Å². The van der Waals surface area contributed by atoms with E-state index in [-0.39, 0.29) is 0 Å². The molecule has 0 aromatic heterocycles. The van der Waals surface area contributed by atoms with Crippen molar-refractivity contribution in [1.82, 2.24) is 0 Å². The molecule has 0 heterocycles. The van der Waals surface area contributed by atoms with Crippen molar-refractivity contribution in [2.75, 3.05) is 0 Å². The van der Waals surface area contributed by atoms with E-state index in [0.29, 0.717) is 12.3 Å². The molecule has 23 heavy (non-hydrogen) atoms. The normalized spacial score (nSPS) is 13.0. The van der Waals surface area contributed by atoms with Gasteiger partial charge in [-0.1, -0.05) is 64.7 Å². The highest BCUT2D eigenvalue weighted by atomic mass is 16.4. The molecule has 0 aromatic rings. The van der Waals surface area contributed by atoms with Crippen LogP contribution in [0.3, 0.4) is 0 Å². The molecule has 0 amide bonds. The molecule has 0 aromatic carbocycles. The van der Waals surface area contributed by atoms with E-state index in [4.69, 9.17) is 10.2 Å². The van der Waals surface area contributed by atoms with Crippen molar-refractivity contribution in [3.63, 3.8) is 0 Å². The highest BCUT2D eigenvalue weighted by molar-refractivity contribution is 5.73. The van der Waals surface area contributed by atoms with Gasteiger partial charge in [-0.3, -0.25) is 9.59 Å². The summed E-state index contributed by atoms with van der Waals surface area (Å²) in [6.45, 7) is 5.77. The summed E-state index contributed by atoms with van der Waals surface area (Å²) in [5.41, 5.74) is -0.611. The molecule has 136 valence electrons. The summed E-state index contributed by atoms with van der Waals surface area (Å²) in [6, 6.07) is 0. The Morgan fingerprint density at radius 1 is 0.826 bits per heavy atom. The van der Waals surface area contributed by atoms with Crippen molar-refractivity contribution in [2.24, 2.45) is 11.3 Å². The van der Waals surface area contributed by atoms with Crippen LogP contribution in [0.5, 0.6) is 0 Å². The Kier molecular flexibility index (Phi) is 11.8. The van der Waals surface area contributed by atoms with Gasteiger partial charge in [-0.25, -0.2) is 0 Å². The zero-order valence-electron chi connectivity index (χ0n) is 15.3. The molecule has 0 saturated heterocycles. The van der Waals surface area contributed by atoms with Gasteiger partial charge in [0.1, 0.15) is 0 Å². The molecule has 1 unspecified atom stereocenters. The van der Waals surface area contributed by atoms with Crippen LogP contribution in [-0.4, -0.2) is 22.2 Å². The molecule has 0 aliphatic heterocycles. The molecular weight excluding hydrogens is 292 g/mol. The number of unbranched alkanes of at least 4 members (excludes halogenated alkanes) is 8. The second-order valence-electron chi connectivity index (χ2n) is 7.61. The zero-order valence-corrected chi connectivity index (χ0v) is 15.3. The molecule has 0 aliphatic rings. The second kappa shape index (κ2) is 12.4. The van der Waals surface area contributed by atoms with Gasteiger partial charge in [0, 0.05) is 6.42 Å². The van der Waals surface area contributed by atoms with Crippen LogP contribution < -0.4 is 0 Å². The number of aliphatic carboxylic acids is 2. The molecule has 0 radical (unpaired) electrons. The summed E-state index contributed by atoms with van der Waals surface area (Å²) in [5, 5.41) is 17.7. The summed E-state index contributed by atoms with van der Waals surface area (Å²) in [4.78, 5) is 21.5. The fraction of sp³-hybridized carbons (Fsp3) is 0.895. The van der Waals surface area contributed by atoms with Gasteiger partial charge in [0.25, 0.3) is 0 Å². The summed E-state index contributed by atoms with van der Waals surface area (Å²) in [7, 11) is 0. The van der Waals surface area contributed by atoms with Crippen LogP contribution >= 0.6 is 0 Å². The molecule has 4 heteroatoms. The zero-order chi connectivity index (χ0) is 17.7. The van der Waals surface area contributed by atoms with Gasteiger partial charge >= 0.3 is 11.9 Å². The third kappa shape index (κ3) is 13.1. The lowest BCUT2D eigenvalue weighted by molar-refractivity contribution is -0.147. The first-order valence-electron chi connectivity index (χ1n) is 9.21. The number of carboxylic acids is 2. The van der Waals surface area contributed by atoms with Crippen molar-refractivity contribution >= 4 is 11.9 Å². The lowest BCUT2D eigenvalue weighted by Crippen LogP contribution is -2.26. The molecule has 4 nitrogen and oxygen atoms in total. The van der Waals surface area contributed by atoms with Gasteiger partial charge in [0.2, 0.25) is 0 Å². The predicted molar refractivity (Wildman–Crippen MR) is 93.6 cm³/mol. The van der Waals surface area contributed by atoms with E-state index in [1.807, 2.05) is 13.8 Å². The van der Waals surface area contributed by atoms with Crippen molar-refractivity contribution in [1.29, 1.82) is 0 Å². The highest BCUT2D eigenvalue weighted by Gasteiger charge is 2.28. The van der Waals surface area contributed by atoms with E-state index in [2.05, 4.69) is 6.92 Å². The highest BCUT2D eigenvalue weighted by Crippen LogP contribution is 2.28. The Morgan fingerprint density at radius 3 is 1.70 bits per heavy atom. The molecule has 0 rings (SSSR count). The maximum atomic E-state index is 11.1. The fourth-order valence-corrected chi connectivity index (χ4v) is 3.07. The third-order valence-corrected chi connectivity index (χ3v) is 4.53. The van der Waals surface area contributed by atoms with Crippen molar-refractivity contribution in [3.8, 4) is 0 Å². The molecule has 0 fully saturated rings. The van der Waals surface area contributed by atoms with E-state index in [1.165, 1.54) is 38.5 Å². The number of carboxylic acid groups (broad SMARTS) is 2. The maximum Gasteiger partial charge on any atom is 0.309 e. The van der Waals surface area contributed by atoms with Crippen LogP contribution in [0.2, 0.25) is 0 Å². The van der Waals surface area contributed by atoms with Crippen LogP contribution in [0.1, 0.15) is 97.8 Å². The Morgan fingerprint density at radius 2 is 1.26 bits per heavy atom. The number of hydrogen-bond donors (Lipinski definition) is 2. The molecule has 0 aliphatic carbocycles. The topological polar surface area (TPSA) is 74.6 Å². The predicted octanol–water partition coefficient (Wildman–Crippen LogP) is 5.50. The lowest BCUT2D eigenvalue weighted by atomic mass is 9.81. The van der Waals surface area contributed by atoms with E-state index in [0.717, 1.165) is 32.1 Å². The van der Waals surface area contributed by atoms with E-state index < -0.39 is 17.4 Å². The molecular formula is C19H36O4. The molecule has 0 spiro atoms. The summed E-state index contributed by atoms with van der Waals surface area (Å²) < 4.78 is 0. The Balaban J connectivity index is 3.39. The minimum atomic E-state index is -0.701. The number of carbonyl (C=O) groups is 2. The van der Waals surface area contributed by atoms with E-state index in [9.17, 15) is 9.59 Å². The van der Waals surface area contributed by atoms with Gasteiger partial charge in [0.15, 0.2) is 0 Å². The molecule has 1 atom stereocenters. The van der Waals surface area contributed by atoms with E-state index in [1.54, 1.807) is 0 Å².